The number of carbonyl (C=O) groups is 1. The molecule has 9 atom stereocenters. The molecule has 0 spiro atoms. The Morgan fingerprint density at radius 1 is 0.917 bits per heavy atom. The van der Waals surface area contributed by atoms with E-state index in [2.05, 4.69) is 0 Å². The van der Waals surface area contributed by atoms with Crippen molar-refractivity contribution in [1.29, 1.82) is 0 Å². The number of aliphatic hydroxyl groups excluding tert-OH is 6. The summed E-state index contributed by atoms with van der Waals surface area (Å²) in [5.74, 6) is -1.02. The van der Waals surface area contributed by atoms with E-state index in [0.29, 0.717) is 0 Å². The molecule has 0 radical (unpaired) electrons. The van der Waals surface area contributed by atoms with Crippen LogP contribution in [0.25, 0.3) is 0 Å². The van der Waals surface area contributed by atoms with Crippen LogP contribution in [0.3, 0.4) is 0 Å². The summed E-state index contributed by atoms with van der Waals surface area (Å²) in [6.07, 6.45) is -13.4. The predicted octanol–water partition coefficient (Wildman–Crippen LogP) is -4.53. The number of Topliss-reactive ketones (excluding diaryl/α,β-unsaturated/α-hetero) is 1. The fourth-order valence-corrected chi connectivity index (χ4v) is 2.63. The van der Waals surface area contributed by atoms with Crippen molar-refractivity contribution in [1.82, 2.24) is 0 Å². The van der Waals surface area contributed by atoms with Crippen LogP contribution in [-0.4, -0.2) is 112 Å². The first kappa shape index (κ1) is 19.6. The monoisotopic (exact) mass is 354 g/mol. The van der Waals surface area contributed by atoms with Gasteiger partial charge < -0.3 is 49.6 Å². The van der Waals surface area contributed by atoms with Gasteiger partial charge >= 0.3 is 0 Å². The van der Waals surface area contributed by atoms with E-state index in [1.54, 1.807) is 0 Å². The molecule has 2 aliphatic heterocycles. The van der Waals surface area contributed by atoms with Gasteiger partial charge in [0, 0.05) is 7.11 Å². The second kappa shape index (κ2) is 8.10. The third kappa shape index (κ3) is 3.60. The maximum atomic E-state index is 11.8. The van der Waals surface area contributed by atoms with E-state index >= 15 is 0 Å². The predicted molar refractivity (Wildman–Crippen MR) is 72.4 cm³/mol. The van der Waals surface area contributed by atoms with Gasteiger partial charge in [-0.2, -0.15) is 0 Å². The lowest BCUT2D eigenvalue weighted by Crippen LogP contribution is -2.63. The van der Waals surface area contributed by atoms with E-state index in [-0.39, 0.29) is 0 Å². The Bertz CT molecular complexity index is 430. The molecule has 0 aromatic rings. The highest BCUT2D eigenvalue weighted by Gasteiger charge is 2.50. The van der Waals surface area contributed by atoms with Gasteiger partial charge in [-0.25, -0.2) is 0 Å². The first-order valence-corrected chi connectivity index (χ1v) is 7.32. The van der Waals surface area contributed by atoms with Crippen LogP contribution in [0.5, 0.6) is 0 Å². The molecule has 0 aliphatic carbocycles. The lowest BCUT2D eigenvalue weighted by Gasteiger charge is -2.44. The number of methoxy groups -OCH3 is 1. The maximum absolute atomic E-state index is 11.8. The molecule has 2 saturated heterocycles. The fraction of sp³-hybridized carbons (Fsp3) is 0.923. The zero-order valence-electron chi connectivity index (χ0n) is 12.8. The van der Waals surface area contributed by atoms with Crippen LogP contribution < -0.4 is 0 Å². The summed E-state index contributed by atoms with van der Waals surface area (Å²) in [6, 6.07) is 0. The number of carbonyl (C=O) groups excluding carboxylic acids is 1. The molecule has 6 N–H and O–H groups in total. The van der Waals surface area contributed by atoms with Gasteiger partial charge in [0.1, 0.15) is 36.6 Å². The molecule has 0 bridgehead atoms. The van der Waals surface area contributed by atoms with E-state index in [9.17, 15) is 30.3 Å². The van der Waals surface area contributed by atoms with Crippen LogP contribution in [-0.2, 0) is 23.7 Å². The molecule has 2 fully saturated rings. The summed E-state index contributed by atoms with van der Waals surface area (Å²) < 4.78 is 20.5. The van der Waals surface area contributed by atoms with E-state index < -0.39 is 74.3 Å². The van der Waals surface area contributed by atoms with Gasteiger partial charge in [0.2, 0.25) is 0 Å². The number of rotatable bonds is 5. The van der Waals surface area contributed by atoms with Gasteiger partial charge in [-0.15, -0.1) is 0 Å². The Balaban J connectivity index is 2.13. The lowest BCUT2D eigenvalue weighted by molar-refractivity contribution is -0.340. The van der Waals surface area contributed by atoms with E-state index in [0.717, 1.165) is 0 Å². The standard InChI is InChI=1S/C13H22O11/c1-21-12-10(20)8(18)11(5(3-15)23-12)24-13-9(19)7(17)6(16)4(2-14)22-13/h4-6,8-16,18-20H,2-3H2,1H3/t4?,5?,6-,8?,9?,10+,11-,12-,13-/m1/s1. The number of hydrogen-bond acceptors (Lipinski definition) is 11. The summed E-state index contributed by atoms with van der Waals surface area (Å²) in [6.45, 7) is -1.32. The molecule has 0 amide bonds. The molecule has 24 heavy (non-hydrogen) atoms. The summed E-state index contributed by atoms with van der Waals surface area (Å²) in [5, 5.41) is 57.9. The number of hydrogen-bond donors (Lipinski definition) is 6. The topological polar surface area (TPSA) is 175 Å². The van der Waals surface area contributed by atoms with Crippen molar-refractivity contribution in [3.63, 3.8) is 0 Å². The minimum Gasteiger partial charge on any atom is -0.394 e. The Hall–Kier alpha value is -0.730. The van der Waals surface area contributed by atoms with Crippen LogP contribution in [0.2, 0.25) is 0 Å². The molecule has 140 valence electrons. The van der Waals surface area contributed by atoms with E-state index in [1.165, 1.54) is 7.11 Å². The molecule has 11 nitrogen and oxygen atoms in total. The SMILES string of the molecule is CO[C@@H]1OC(CO)[C@@H](O[C@H]2OC(CO)[C@@H](O)C(=O)C2O)C(O)[C@@H]1O. The second-order valence-corrected chi connectivity index (χ2v) is 5.56. The summed E-state index contributed by atoms with van der Waals surface area (Å²) in [4.78, 5) is 11.8. The average molecular weight is 354 g/mol. The fourth-order valence-electron chi connectivity index (χ4n) is 2.63. The smallest absolute Gasteiger partial charge is 0.197 e. The quantitative estimate of drug-likeness (QED) is 0.280. The summed E-state index contributed by atoms with van der Waals surface area (Å²) >= 11 is 0. The Labute approximate surface area is 136 Å². The largest absolute Gasteiger partial charge is 0.394 e. The van der Waals surface area contributed by atoms with Crippen LogP contribution in [0.15, 0.2) is 0 Å². The number of ether oxygens (including phenoxy) is 4. The zero-order chi connectivity index (χ0) is 18.0. The van der Waals surface area contributed by atoms with Crippen molar-refractivity contribution in [3.05, 3.63) is 0 Å². The van der Waals surface area contributed by atoms with Crippen molar-refractivity contribution in [2.24, 2.45) is 0 Å². The minimum atomic E-state index is -1.88. The molecule has 4 unspecified atom stereocenters. The highest BCUT2D eigenvalue weighted by molar-refractivity contribution is 5.88. The second-order valence-electron chi connectivity index (χ2n) is 5.56. The van der Waals surface area contributed by atoms with Crippen molar-refractivity contribution in [2.75, 3.05) is 20.3 Å². The Morgan fingerprint density at radius 2 is 1.50 bits per heavy atom. The van der Waals surface area contributed by atoms with Gasteiger partial charge in [0.15, 0.2) is 24.5 Å². The van der Waals surface area contributed by atoms with Crippen molar-refractivity contribution >= 4 is 5.78 Å². The van der Waals surface area contributed by atoms with Crippen LogP contribution >= 0.6 is 0 Å². The van der Waals surface area contributed by atoms with Crippen LogP contribution in [0.1, 0.15) is 0 Å². The zero-order valence-corrected chi connectivity index (χ0v) is 12.8. The van der Waals surface area contributed by atoms with Crippen molar-refractivity contribution in [2.45, 2.75) is 55.3 Å². The van der Waals surface area contributed by atoms with Crippen molar-refractivity contribution in [3.8, 4) is 0 Å². The molecule has 2 rings (SSSR count). The molecular formula is C13H22O11. The van der Waals surface area contributed by atoms with Crippen LogP contribution in [0, 0.1) is 0 Å². The van der Waals surface area contributed by atoms with Gasteiger partial charge in [-0.3, -0.25) is 4.79 Å². The molecule has 0 saturated carbocycles. The normalized spacial score (nSPS) is 47.0. The van der Waals surface area contributed by atoms with Crippen LogP contribution in [0.4, 0.5) is 0 Å². The third-order valence-corrected chi connectivity index (χ3v) is 4.03. The van der Waals surface area contributed by atoms with Gasteiger partial charge in [-0.1, -0.05) is 0 Å². The maximum Gasteiger partial charge on any atom is 0.197 e. The van der Waals surface area contributed by atoms with E-state index in [4.69, 9.17) is 24.1 Å². The molecule has 0 aromatic heterocycles. The Morgan fingerprint density at radius 3 is 2.04 bits per heavy atom. The highest BCUT2D eigenvalue weighted by Crippen LogP contribution is 2.28. The average Bonchev–Trinajstić information content (AvgIpc) is 2.59. The number of ketones is 1. The van der Waals surface area contributed by atoms with E-state index in [1.807, 2.05) is 0 Å². The first-order valence-electron chi connectivity index (χ1n) is 7.32. The molecule has 11 heteroatoms. The molecule has 2 aliphatic rings. The summed E-state index contributed by atoms with van der Waals surface area (Å²) in [7, 11) is 1.23. The molecular weight excluding hydrogens is 332 g/mol. The summed E-state index contributed by atoms with van der Waals surface area (Å²) in [5.41, 5.74) is 0. The van der Waals surface area contributed by atoms with Gasteiger partial charge in [-0.05, 0) is 0 Å². The van der Waals surface area contributed by atoms with Gasteiger partial charge in [0.05, 0.1) is 13.2 Å². The van der Waals surface area contributed by atoms with Crippen molar-refractivity contribution < 1.29 is 54.4 Å². The molecule has 0 aromatic carbocycles. The molecule has 2 heterocycles. The first-order chi connectivity index (χ1) is 11.3. The van der Waals surface area contributed by atoms with Gasteiger partial charge in [0.25, 0.3) is 0 Å². The number of aliphatic hydroxyl groups is 6. The lowest BCUT2D eigenvalue weighted by atomic mass is 9.97. The highest BCUT2D eigenvalue weighted by atomic mass is 16.7. The Kier molecular flexibility index (Phi) is 6.61. The minimum absolute atomic E-state index is 0.614. The third-order valence-electron chi connectivity index (χ3n) is 4.03.